The summed E-state index contributed by atoms with van der Waals surface area (Å²) in [6.45, 7) is 1.64. The Balaban J connectivity index is 2.07. The SMILES string of the molecule is Cc1nc(F)ccc1-c1ccc(S(=O)(=O)c2c(O)cc[nH]c2=O)cc1. The van der Waals surface area contributed by atoms with Crippen LogP contribution in [-0.2, 0) is 9.84 Å². The Morgan fingerprint density at radius 3 is 2.36 bits per heavy atom. The predicted molar refractivity (Wildman–Crippen MR) is 88.5 cm³/mol. The molecule has 0 aliphatic rings. The molecule has 0 bridgehead atoms. The van der Waals surface area contributed by atoms with Gasteiger partial charge in [0.25, 0.3) is 5.56 Å². The summed E-state index contributed by atoms with van der Waals surface area (Å²) >= 11 is 0. The van der Waals surface area contributed by atoms with Crippen LogP contribution in [0.4, 0.5) is 4.39 Å². The average molecular weight is 360 g/mol. The number of H-pyrrole nitrogens is 1. The Hall–Kier alpha value is -3.00. The van der Waals surface area contributed by atoms with Gasteiger partial charge in [0.05, 0.1) is 4.90 Å². The minimum absolute atomic E-state index is 0.143. The van der Waals surface area contributed by atoms with E-state index in [2.05, 4.69) is 9.97 Å². The van der Waals surface area contributed by atoms with Crippen molar-refractivity contribution in [3.05, 3.63) is 70.7 Å². The van der Waals surface area contributed by atoms with Gasteiger partial charge in [0.15, 0.2) is 4.90 Å². The van der Waals surface area contributed by atoms with Gasteiger partial charge >= 0.3 is 0 Å². The van der Waals surface area contributed by atoms with Gasteiger partial charge in [-0.05, 0) is 42.8 Å². The van der Waals surface area contributed by atoms with Crippen LogP contribution in [0.15, 0.2) is 63.2 Å². The Bertz CT molecular complexity index is 1110. The summed E-state index contributed by atoms with van der Waals surface area (Å²) < 4.78 is 38.3. The number of aryl methyl sites for hydroxylation is 1. The van der Waals surface area contributed by atoms with Crippen molar-refractivity contribution in [2.45, 2.75) is 16.7 Å². The molecule has 3 aromatic rings. The van der Waals surface area contributed by atoms with Gasteiger partial charge in [-0.2, -0.15) is 4.39 Å². The van der Waals surface area contributed by atoms with Crippen molar-refractivity contribution >= 4 is 9.84 Å². The Morgan fingerprint density at radius 2 is 1.76 bits per heavy atom. The molecule has 0 saturated carbocycles. The molecule has 0 atom stereocenters. The third-order valence-electron chi connectivity index (χ3n) is 3.69. The van der Waals surface area contributed by atoms with Gasteiger partial charge in [-0.1, -0.05) is 12.1 Å². The predicted octanol–water partition coefficient (Wildman–Crippen LogP) is 2.42. The maximum atomic E-state index is 13.1. The maximum Gasteiger partial charge on any atom is 0.270 e. The number of benzene rings is 1. The molecule has 2 aromatic heterocycles. The van der Waals surface area contributed by atoms with Crippen LogP contribution in [-0.4, -0.2) is 23.5 Å². The van der Waals surface area contributed by atoms with Gasteiger partial charge in [-0.3, -0.25) is 4.79 Å². The van der Waals surface area contributed by atoms with E-state index in [4.69, 9.17) is 0 Å². The van der Waals surface area contributed by atoms with E-state index in [-0.39, 0.29) is 4.90 Å². The van der Waals surface area contributed by atoms with Gasteiger partial charge in [0.2, 0.25) is 15.8 Å². The fourth-order valence-electron chi connectivity index (χ4n) is 2.48. The zero-order valence-corrected chi connectivity index (χ0v) is 13.8. The molecule has 8 heteroatoms. The first-order valence-corrected chi connectivity index (χ1v) is 8.68. The largest absolute Gasteiger partial charge is 0.506 e. The molecule has 0 unspecified atom stereocenters. The number of hydrogen-bond acceptors (Lipinski definition) is 5. The summed E-state index contributed by atoms with van der Waals surface area (Å²) in [7, 11) is -4.19. The summed E-state index contributed by atoms with van der Waals surface area (Å²) in [6, 6.07) is 9.56. The zero-order valence-electron chi connectivity index (χ0n) is 13.0. The van der Waals surface area contributed by atoms with Crippen LogP contribution < -0.4 is 5.56 Å². The van der Waals surface area contributed by atoms with E-state index in [0.717, 1.165) is 12.3 Å². The van der Waals surface area contributed by atoms with E-state index in [1.807, 2.05) is 0 Å². The first-order valence-electron chi connectivity index (χ1n) is 7.20. The molecule has 2 heterocycles. The molecular formula is C17H13FN2O4S. The van der Waals surface area contributed by atoms with Crippen LogP contribution in [0.5, 0.6) is 5.75 Å². The summed E-state index contributed by atoms with van der Waals surface area (Å²) in [5.74, 6) is -1.22. The highest BCUT2D eigenvalue weighted by Gasteiger charge is 2.25. The molecule has 0 aliphatic heterocycles. The summed E-state index contributed by atoms with van der Waals surface area (Å²) in [4.78, 5) is 16.9. The van der Waals surface area contributed by atoms with Crippen LogP contribution in [0, 0.1) is 12.9 Å². The quantitative estimate of drug-likeness (QED) is 0.699. The summed E-state index contributed by atoms with van der Waals surface area (Å²) in [6.07, 6.45) is 1.16. The van der Waals surface area contributed by atoms with Crippen molar-refractivity contribution in [1.29, 1.82) is 0 Å². The molecule has 25 heavy (non-hydrogen) atoms. The lowest BCUT2D eigenvalue weighted by atomic mass is 10.1. The van der Waals surface area contributed by atoms with E-state index in [0.29, 0.717) is 16.8 Å². The molecule has 2 N–H and O–H groups in total. The van der Waals surface area contributed by atoms with Crippen molar-refractivity contribution in [3.63, 3.8) is 0 Å². The monoisotopic (exact) mass is 360 g/mol. The standard InChI is InChI=1S/C17H13FN2O4S/c1-10-13(6-7-15(18)20-10)11-2-4-12(5-3-11)25(23,24)16-14(21)8-9-19-17(16)22/h2-9H,1H3,(H2,19,21,22). The second-order valence-corrected chi connectivity index (χ2v) is 7.20. The number of nitrogens with zero attached hydrogens (tertiary/aromatic N) is 1. The molecule has 0 saturated heterocycles. The lowest BCUT2D eigenvalue weighted by Gasteiger charge is -2.08. The maximum absolute atomic E-state index is 13.1. The number of aromatic nitrogens is 2. The van der Waals surface area contributed by atoms with Gasteiger partial charge in [-0.25, -0.2) is 13.4 Å². The van der Waals surface area contributed by atoms with Crippen LogP contribution in [0.25, 0.3) is 11.1 Å². The van der Waals surface area contributed by atoms with Crippen molar-refractivity contribution in [2.24, 2.45) is 0 Å². The van der Waals surface area contributed by atoms with E-state index >= 15 is 0 Å². The molecule has 0 spiro atoms. The Morgan fingerprint density at radius 1 is 1.08 bits per heavy atom. The van der Waals surface area contributed by atoms with Gasteiger partial charge in [0, 0.05) is 17.5 Å². The fraction of sp³-hybridized carbons (Fsp3) is 0.0588. The van der Waals surface area contributed by atoms with Crippen LogP contribution in [0.1, 0.15) is 5.69 Å². The van der Waals surface area contributed by atoms with Crippen molar-refractivity contribution in [3.8, 4) is 16.9 Å². The van der Waals surface area contributed by atoms with Crippen molar-refractivity contribution in [1.82, 2.24) is 9.97 Å². The molecular weight excluding hydrogens is 347 g/mol. The highest BCUT2D eigenvalue weighted by Crippen LogP contribution is 2.28. The number of hydrogen-bond donors (Lipinski definition) is 2. The Labute approximate surface area is 142 Å². The molecule has 3 rings (SSSR count). The highest BCUT2D eigenvalue weighted by molar-refractivity contribution is 7.91. The molecule has 6 nitrogen and oxygen atoms in total. The topological polar surface area (TPSA) is 100 Å². The van der Waals surface area contributed by atoms with E-state index < -0.39 is 32.0 Å². The number of aromatic hydroxyl groups is 1. The summed E-state index contributed by atoms with van der Waals surface area (Å²) in [5.41, 5.74) is 0.872. The third kappa shape index (κ3) is 3.03. The highest BCUT2D eigenvalue weighted by atomic mass is 32.2. The number of aromatic amines is 1. The molecule has 0 fully saturated rings. The lowest BCUT2D eigenvalue weighted by molar-refractivity contribution is 0.455. The zero-order chi connectivity index (χ0) is 18.2. The number of sulfone groups is 1. The number of nitrogens with one attached hydrogen (secondary N) is 1. The first kappa shape index (κ1) is 16.8. The molecule has 0 amide bonds. The second kappa shape index (κ2) is 6.14. The minimum Gasteiger partial charge on any atom is -0.506 e. The molecule has 0 radical (unpaired) electrons. The van der Waals surface area contributed by atoms with Crippen molar-refractivity contribution < 1.29 is 17.9 Å². The fourth-order valence-corrected chi connectivity index (χ4v) is 3.86. The summed E-state index contributed by atoms with van der Waals surface area (Å²) in [5, 5.41) is 9.74. The van der Waals surface area contributed by atoms with Gasteiger partial charge in [-0.15, -0.1) is 0 Å². The smallest absolute Gasteiger partial charge is 0.270 e. The number of pyridine rings is 2. The van der Waals surface area contributed by atoms with Crippen LogP contribution >= 0.6 is 0 Å². The van der Waals surface area contributed by atoms with E-state index in [9.17, 15) is 22.7 Å². The third-order valence-corrected chi connectivity index (χ3v) is 5.52. The number of rotatable bonds is 3. The number of halogens is 1. The average Bonchev–Trinajstić information content (AvgIpc) is 2.54. The molecule has 128 valence electrons. The Kier molecular flexibility index (Phi) is 4.13. The second-order valence-electron chi connectivity index (χ2n) is 5.32. The molecule has 0 aliphatic carbocycles. The first-order chi connectivity index (χ1) is 11.8. The van der Waals surface area contributed by atoms with E-state index in [1.165, 1.54) is 30.3 Å². The van der Waals surface area contributed by atoms with Crippen LogP contribution in [0.3, 0.4) is 0 Å². The van der Waals surface area contributed by atoms with E-state index in [1.54, 1.807) is 13.0 Å². The lowest BCUT2D eigenvalue weighted by Crippen LogP contribution is -2.17. The van der Waals surface area contributed by atoms with Crippen molar-refractivity contribution in [2.75, 3.05) is 0 Å². The minimum atomic E-state index is -4.19. The molecule has 1 aromatic carbocycles. The van der Waals surface area contributed by atoms with Gasteiger partial charge in [0.1, 0.15) is 5.75 Å². The normalized spacial score (nSPS) is 11.4. The van der Waals surface area contributed by atoms with Crippen LogP contribution in [0.2, 0.25) is 0 Å². The van der Waals surface area contributed by atoms with Gasteiger partial charge < -0.3 is 10.1 Å².